The summed E-state index contributed by atoms with van der Waals surface area (Å²) in [6.45, 7) is 1.51. The molecule has 0 amide bonds. The Kier molecular flexibility index (Phi) is 6.24. The molecule has 0 spiro atoms. The van der Waals surface area contributed by atoms with E-state index in [1.807, 2.05) is 18.2 Å². The van der Waals surface area contributed by atoms with E-state index in [0.717, 1.165) is 47.4 Å². The molecule has 3 heterocycles. The van der Waals surface area contributed by atoms with Crippen molar-refractivity contribution in [3.63, 3.8) is 0 Å². The summed E-state index contributed by atoms with van der Waals surface area (Å²) < 4.78 is 13.8. The standard InChI is InChI=1S/C26H24BrN3O3/c1-32-26(31)20-9-7-19(8-10-20)25-29-24-22(15-21(27)16-28-24)30(25)23(17-5-3-2-4-6-17)18-11-13-33-14-12-18/h2-10,15-16,18,23H,11-14H2,1H3. The third-order valence-electron chi connectivity index (χ3n) is 6.21. The lowest BCUT2D eigenvalue weighted by Crippen LogP contribution is -2.27. The number of nitrogens with zero attached hydrogens (tertiary/aromatic N) is 3. The fraction of sp³-hybridized carbons (Fsp3) is 0.269. The van der Waals surface area contributed by atoms with Crippen LogP contribution in [0.3, 0.4) is 0 Å². The first kappa shape index (κ1) is 21.8. The molecule has 33 heavy (non-hydrogen) atoms. The zero-order chi connectivity index (χ0) is 22.8. The topological polar surface area (TPSA) is 66.2 Å². The van der Waals surface area contributed by atoms with Crippen molar-refractivity contribution in [3.8, 4) is 11.4 Å². The number of methoxy groups -OCH3 is 1. The molecule has 0 bridgehead atoms. The minimum absolute atomic E-state index is 0.0754. The van der Waals surface area contributed by atoms with Gasteiger partial charge in [0.15, 0.2) is 5.65 Å². The summed E-state index contributed by atoms with van der Waals surface area (Å²) in [4.78, 5) is 21.5. The Bertz CT molecular complexity index is 1270. The SMILES string of the molecule is COC(=O)c1ccc(-c2nc3ncc(Br)cc3n2C(c2ccccc2)C2CCOCC2)cc1. The Hall–Kier alpha value is -3.03. The molecular weight excluding hydrogens is 482 g/mol. The van der Waals surface area contributed by atoms with Gasteiger partial charge in [-0.2, -0.15) is 0 Å². The molecule has 1 fully saturated rings. The summed E-state index contributed by atoms with van der Waals surface area (Å²) in [6, 6.07) is 20.1. The van der Waals surface area contributed by atoms with E-state index in [1.165, 1.54) is 12.7 Å². The highest BCUT2D eigenvalue weighted by atomic mass is 79.9. The first-order chi connectivity index (χ1) is 16.2. The van der Waals surface area contributed by atoms with Crippen LogP contribution in [0.2, 0.25) is 0 Å². The lowest BCUT2D eigenvalue weighted by atomic mass is 9.86. The number of hydrogen-bond donors (Lipinski definition) is 0. The lowest BCUT2D eigenvalue weighted by molar-refractivity contribution is 0.0549. The van der Waals surface area contributed by atoms with E-state index < -0.39 is 0 Å². The van der Waals surface area contributed by atoms with E-state index >= 15 is 0 Å². The monoisotopic (exact) mass is 505 g/mol. The molecule has 5 rings (SSSR count). The Morgan fingerprint density at radius 2 is 1.85 bits per heavy atom. The summed E-state index contributed by atoms with van der Waals surface area (Å²) in [5, 5.41) is 0. The van der Waals surface area contributed by atoms with Crippen LogP contribution >= 0.6 is 15.9 Å². The first-order valence-corrected chi connectivity index (χ1v) is 11.8. The number of carbonyl (C=O) groups is 1. The van der Waals surface area contributed by atoms with Gasteiger partial charge in [-0.15, -0.1) is 0 Å². The van der Waals surface area contributed by atoms with Crippen molar-refractivity contribution in [2.24, 2.45) is 5.92 Å². The van der Waals surface area contributed by atoms with E-state index in [0.29, 0.717) is 17.1 Å². The van der Waals surface area contributed by atoms with Gasteiger partial charge in [-0.3, -0.25) is 0 Å². The van der Waals surface area contributed by atoms with Crippen molar-refractivity contribution in [2.45, 2.75) is 18.9 Å². The van der Waals surface area contributed by atoms with Gasteiger partial charge >= 0.3 is 5.97 Å². The zero-order valence-corrected chi connectivity index (χ0v) is 19.9. The third-order valence-corrected chi connectivity index (χ3v) is 6.64. The molecule has 2 aromatic heterocycles. The van der Waals surface area contributed by atoms with Crippen LogP contribution in [0, 0.1) is 5.92 Å². The van der Waals surface area contributed by atoms with Crippen molar-refractivity contribution in [1.29, 1.82) is 0 Å². The quantitative estimate of drug-likeness (QED) is 0.327. The van der Waals surface area contributed by atoms with E-state index in [9.17, 15) is 4.79 Å². The van der Waals surface area contributed by atoms with Gasteiger partial charge in [0.25, 0.3) is 0 Å². The predicted octanol–water partition coefficient (Wildman–Crippen LogP) is 5.66. The Morgan fingerprint density at radius 3 is 2.55 bits per heavy atom. The first-order valence-electron chi connectivity index (χ1n) is 11.0. The van der Waals surface area contributed by atoms with Gasteiger partial charge in [-0.1, -0.05) is 42.5 Å². The summed E-state index contributed by atoms with van der Waals surface area (Å²) in [5.41, 5.74) is 4.32. The number of benzene rings is 2. The maximum absolute atomic E-state index is 11.9. The molecule has 1 saturated heterocycles. The van der Waals surface area contributed by atoms with Crippen LogP contribution in [0.1, 0.15) is 34.8 Å². The second-order valence-corrected chi connectivity index (χ2v) is 9.09. The highest BCUT2D eigenvalue weighted by Gasteiger charge is 2.31. The second kappa shape index (κ2) is 9.45. The molecule has 0 saturated carbocycles. The number of hydrogen-bond acceptors (Lipinski definition) is 5. The summed E-state index contributed by atoms with van der Waals surface area (Å²) >= 11 is 3.59. The molecular formula is C26H24BrN3O3. The predicted molar refractivity (Wildman–Crippen MR) is 130 cm³/mol. The molecule has 0 N–H and O–H groups in total. The fourth-order valence-electron chi connectivity index (χ4n) is 4.63. The molecule has 1 atom stereocenters. The van der Waals surface area contributed by atoms with Crippen molar-refractivity contribution in [2.75, 3.05) is 20.3 Å². The molecule has 1 unspecified atom stereocenters. The number of aromatic nitrogens is 3. The largest absolute Gasteiger partial charge is 0.465 e. The van der Waals surface area contributed by atoms with Crippen LogP contribution in [0.4, 0.5) is 0 Å². The van der Waals surface area contributed by atoms with Gasteiger partial charge in [0.2, 0.25) is 0 Å². The van der Waals surface area contributed by atoms with Gasteiger partial charge in [0.1, 0.15) is 5.82 Å². The summed E-state index contributed by atoms with van der Waals surface area (Å²) in [5.74, 6) is 0.864. The molecule has 2 aromatic carbocycles. The normalized spacial score (nSPS) is 15.5. The number of imidazole rings is 1. The summed E-state index contributed by atoms with van der Waals surface area (Å²) in [6.07, 6.45) is 3.72. The minimum Gasteiger partial charge on any atom is -0.465 e. The summed E-state index contributed by atoms with van der Waals surface area (Å²) in [7, 11) is 1.39. The molecule has 4 aromatic rings. The number of rotatable bonds is 5. The van der Waals surface area contributed by atoms with Gasteiger partial charge in [0.05, 0.1) is 24.2 Å². The van der Waals surface area contributed by atoms with Gasteiger partial charge < -0.3 is 14.0 Å². The maximum Gasteiger partial charge on any atom is 0.337 e. The Morgan fingerprint density at radius 1 is 1.12 bits per heavy atom. The smallest absolute Gasteiger partial charge is 0.337 e. The highest BCUT2D eigenvalue weighted by molar-refractivity contribution is 9.10. The molecule has 1 aliphatic heterocycles. The van der Waals surface area contributed by atoms with Crippen LogP contribution in [-0.2, 0) is 9.47 Å². The van der Waals surface area contributed by atoms with Crippen molar-refractivity contribution < 1.29 is 14.3 Å². The Labute approximate surface area is 200 Å². The van der Waals surface area contributed by atoms with Crippen LogP contribution < -0.4 is 0 Å². The minimum atomic E-state index is -0.356. The van der Waals surface area contributed by atoms with Crippen LogP contribution in [0.15, 0.2) is 71.3 Å². The number of ether oxygens (including phenoxy) is 2. The van der Waals surface area contributed by atoms with E-state index in [4.69, 9.17) is 14.5 Å². The maximum atomic E-state index is 11.9. The second-order valence-electron chi connectivity index (χ2n) is 8.18. The number of esters is 1. The van der Waals surface area contributed by atoms with E-state index in [2.05, 4.69) is 55.8 Å². The van der Waals surface area contributed by atoms with Crippen LogP contribution in [0.5, 0.6) is 0 Å². The number of pyridine rings is 1. The number of halogens is 1. The Balaban J connectivity index is 1.72. The molecule has 168 valence electrons. The van der Waals surface area contributed by atoms with Crippen molar-refractivity contribution in [1.82, 2.24) is 14.5 Å². The van der Waals surface area contributed by atoms with Crippen LogP contribution in [0.25, 0.3) is 22.6 Å². The highest BCUT2D eigenvalue weighted by Crippen LogP contribution is 2.39. The van der Waals surface area contributed by atoms with E-state index in [-0.39, 0.29) is 12.0 Å². The molecule has 0 aliphatic carbocycles. The van der Waals surface area contributed by atoms with Crippen LogP contribution in [-0.4, -0.2) is 40.8 Å². The van der Waals surface area contributed by atoms with Gasteiger partial charge in [-0.25, -0.2) is 14.8 Å². The average Bonchev–Trinajstić information content (AvgIpc) is 3.23. The molecule has 1 aliphatic rings. The van der Waals surface area contributed by atoms with E-state index in [1.54, 1.807) is 18.3 Å². The van der Waals surface area contributed by atoms with Crippen molar-refractivity contribution in [3.05, 3.63) is 82.5 Å². The molecule has 7 heteroatoms. The fourth-order valence-corrected chi connectivity index (χ4v) is 4.94. The van der Waals surface area contributed by atoms with Gasteiger partial charge in [-0.05, 0) is 58.5 Å². The average molecular weight is 506 g/mol. The molecule has 0 radical (unpaired) electrons. The number of fused-ring (bicyclic) bond motifs is 1. The lowest BCUT2D eigenvalue weighted by Gasteiger charge is -2.33. The van der Waals surface area contributed by atoms with Gasteiger partial charge in [0, 0.05) is 29.4 Å². The number of carbonyl (C=O) groups excluding carboxylic acids is 1. The zero-order valence-electron chi connectivity index (χ0n) is 18.3. The third kappa shape index (κ3) is 4.30. The van der Waals surface area contributed by atoms with Crippen molar-refractivity contribution >= 4 is 33.1 Å². The molecule has 6 nitrogen and oxygen atoms in total.